The molecule has 6 heteroatoms. The van der Waals surface area contributed by atoms with Crippen molar-refractivity contribution in [2.45, 2.75) is 63.9 Å². The van der Waals surface area contributed by atoms with E-state index in [4.69, 9.17) is 4.74 Å². The van der Waals surface area contributed by atoms with Crippen molar-refractivity contribution in [2.75, 3.05) is 6.61 Å². The molecule has 138 valence electrons. The minimum Gasteiger partial charge on any atom is -0.464 e. The third kappa shape index (κ3) is 4.30. The van der Waals surface area contributed by atoms with Crippen LogP contribution in [0.5, 0.6) is 0 Å². The maximum atomic E-state index is 13.0. The average Bonchev–Trinajstić information content (AvgIpc) is 3.10. The van der Waals surface area contributed by atoms with Crippen LogP contribution in [-0.2, 0) is 19.6 Å². The maximum absolute atomic E-state index is 13.0. The smallest absolute Gasteiger partial charge is 0.302 e. The van der Waals surface area contributed by atoms with Gasteiger partial charge in [-0.2, -0.15) is 4.31 Å². The Labute approximate surface area is 150 Å². The molecule has 0 aliphatic carbocycles. The van der Waals surface area contributed by atoms with Crippen LogP contribution in [0.1, 0.15) is 46.1 Å². The summed E-state index contributed by atoms with van der Waals surface area (Å²) in [6, 6.07) is 6.51. The molecule has 0 saturated carbocycles. The first kappa shape index (κ1) is 19.7. The summed E-state index contributed by atoms with van der Waals surface area (Å²) in [5, 5.41) is 0. The summed E-state index contributed by atoms with van der Waals surface area (Å²) < 4.78 is 32.7. The number of carbonyl (C=O) groups is 1. The summed E-state index contributed by atoms with van der Waals surface area (Å²) in [7, 11) is -3.62. The van der Waals surface area contributed by atoms with Crippen molar-refractivity contribution in [3.05, 3.63) is 41.5 Å². The molecule has 0 radical (unpaired) electrons. The Morgan fingerprint density at radius 2 is 1.84 bits per heavy atom. The van der Waals surface area contributed by atoms with Gasteiger partial charge < -0.3 is 4.74 Å². The first-order valence-electron chi connectivity index (χ1n) is 8.47. The monoisotopic (exact) mass is 365 g/mol. The van der Waals surface area contributed by atoms with E-state index in [1.54, 1.807) is 24.3 Å². The van der Waals surface area contributed by atoms with Crippen LogP contribution in [0.3, 0.4) is 0 Å². The quantitative estimate of drug-likeness (QED) is 0.422. The van der Waals surface area contributed by atoms with Gasteiger partial charge in [0, 0.05) is 6.92 Å². The van der Waals surface area contributed by atoms with Crippen LogP contribution < -0.4 is 0 Å². The van der Waals surface area contributed by atoms with Crippen LogP contribution in [-0.4, -0.2) is 36.9 Å². The van der Waals surface area contributed by atoms with Gasteiger partial charge in [-0.25, -0.2) is 8.42 Å². The number of carbonyl (C=O) groups excluding carboxylic acids is 1. The second-order valence-corrected chi connectivity index (χ2v) is 8.92. The highest BCUT2D eigenvalue weighted by Gasteiger charge is 2.65. The van der Waals surface area contributed by atoms with Gasteiger partial charge in [-0.3, -0.25) is 4.79 Å². The topological polar surface area (TPSA) is 63.5 Å². The number of nitrogens with zero attached hydrogens (tertiary/aromatic N) is 1. The molecule has 25 heavy (non-hydrogen) atoms. The average molecular weight is 365 g/mol. The van der Waals surface area contributed by atoms with Crippen LogP contribution in [0.15, 0.2) is 40.8 Å². The van der Waals surface area contributed by atoms with E-state index in [-0.39, 0.29) is 17.5 Å². The van der Waals surface area contributed by atoms with Gasteiger partial charge in [-0.05, 0) is 52.7 Å². The number of sulfonamides is 1. The zero-order chi connectivity index (χ0) is 18.8. The molecule has 1 aromatic rings. The fourth-order valence-corrected chi connectivity index (χ4v) is 5.15. The van der Waals surface area contributed by atoms with Gasteiger partial charge in [0.05, 0.1) is 16.5 Å². The van der Waals surface area contributed by atoms with E-state index in [0.717, 1.165) is 12.0 Å². The zero-order valence-corrected chi connectivity index (χ0v) is 16.4. The molecule has 3 unspecified atom stereocenters. The van der Waals surface area contributed by atoms with E-state index in [0.29, 0.717) is 6.42 Å². The molecule has 0 spiro atoms. The number of ether oxygens (including phenoxy) is 1. The van der Waals surface area contributed by atoms with E-state index in [9.17, 15) is 13.2 Å². The number of hydrogen-bond acceptors (Lipinski definition) is 4. The molecule has 5 nitrogen and oxygen atoms in total. The second-order valence-electron chi connectivity index (χ2n) is 7.11. The summed E-state index contributed by atoms with van der Waals surface area (Å²) >= 11 is 0. The number of esters is 1. The first-order chi connectivity index (χ1) is 11.6. The zero-order valence-electron chi connectivity index (χ0n) is 15.6. The number of rotatable bonds is 7. The number of hydrogen-bond donors (Lipinski definition) is 0. The predicted octanol–water partition coefficient (Wildman–Crippen LogP) is 3.44. The summed E-state index contributed by atoms with van der Waals surface area (Å²) in [5.41, 5.74) is 1.67. The lowest BCUT2D eigenvalue weighted by Gasteiger charge is -2.12. The third-order valence-electron chi connectivity index (χ3n) is 4.66. The van der Waals surface area contributed by atoms with Crippen molar-refractivity contribution in [1.82, 2.24) is 4.31 Å². The molecule has 1 saturated heterocycles. The predicted molar refractivity (Wildman–Crippen MR) is 97.7 cm³/mol. The first-order valence-corrected chi connectivity index (χ1v) is 9.91. The van der Waals surface area contributed by atoms with Crippen LogP contribution in [0.2, 0.25) is 0 Å². The standard InChI is InChI=1S/C19H27NO4S/c1-14(2)7-6-12-19(5)18(13-24-16(4)21)20(19)25(22,23)17-10-8-15(3)9-11-17/h7-11,18H,6,12-13H2,1-5H3. The molecule has 0 aromatic heterocycles. The van der Waals surface area contributed by atoms with E-state index < -0.39 is 21.5 Å². The van der Waals surface area contributed by atoms with Crippen molar-refractivity contribution >= 4 is 16.0 Å². The van der Waals surface area contributed by atoms with Gasteiger partial charge >= 0.3 is 5.97 Å². The Kier molecular flexibility index (Phi) is 5.74. The Balaban J connectivity index is 2.26. The number of allylic oxidation sites excluding steroid dienone is 2. The van der Waals surface area contributed by atoms with Gasteiger partial charge in [0.15, 0.2) is 0 Å². The minimum atomic E-state index is -3.62. The molecule has 3 atom stereocenters. The summed E-state index contributed by atoms with van der Waals surface area (Å²) in [6.45, 7) is 9.30. The molecule has 0 N–H and O–H groups in total. The van der Waals surface area contributed by atoms with Gasteiger partial charge in [0.1, 0.15) is 6.61 Å². The summed E-state index contributed by atoms with van der Waals surface area (Å²) in [4.78, 5) is 11.4. The third-order valence-corrected chi connectivity index (χ3v) is 6.72. The minimum absolute atomic E-state index is 0.0890. The Morgan fingerprint density at radius 3 is 2.36 bits per heavy atom. The Hall–Kier alpha value is -1.66. The molecular weight excluding hydrogens is 338 g/mol. The normalized spacial score (nSPS) is 25.3. The van der Waals surface area contributed by atoms with Crippen molar-refractivity contribution in [3.63, 3.8) is 0 Å². The van der Waals surface area contributed by atoms with E-state index in [2.05, 4.69) is 6.08 Å². The molecule has 1 aromatic carbocycles. The van der Waals surface area contributed by atoms with Crippen LogP contribution >= 0.6 is 0 Å². The lowest BCUT2D eigenvalue weighted by atomic mass is 10.0. The highest BCUT2D eigenvalue weighted by Crippen LogP contribution is 2.49. The summed E-state index contributed by atoms with van der Waals surface area (Å²) in [5.74, 6) is -0.397. The SMILES string of the molecule is CC(=O)OCC1N(S(=O)(=O)c2ccc(C)cc2)C1(C)CCC=C(C)C. The van der Waals surface area contributed by atoms with Crippen LogP contribution in [0, 0.1) is 6.92 Å². The summed E-state index contributed by atoms with van der Waals surface area (Å²) in [6.07, 6.45) is 3.58. The van der Waals surface area contributed by atoms with Gasteiger partial charge in [0.25, 0.3) is 0 Å². The van der Waals surface area contributed by atoms with Gasteiger partial charge in [-0.15, -0.1) is 0 Å². The van der Waals surface area contributed by atoms with Crippen molar-refractivity contribution in [2.24, 2.45) is 0 Å². The highest BCUT2D eigenvalue weighted by molar-refractivity contribution is 7.89. The second kappa shape index (κ2) is 7.30. The number of benzene rings is 1. The number of aryl methyl sites for hydroxylation is 1. The molecule has 1 aliphatic rings. The molecule has 0 amide bonds. The Morgan fingerprint density at radius 1 is 1.24 bits per heavy atom. The molecule has 2 rings (SSSR count). The molecular formula is C19H27NO4S. The maximum Gasteiger partial charge on any atom is 0.302 e. The van der Waals surface area contributed by atoms with Crippen molar-refractivity contribution in [3.8, 4) is 0 Å². The molecule has 1 aliphatic heterocycles. The molecule has 1 heterocycles. The van der Waals surface area contributed by atoms with Crippen molar-refractivity contribution in [1.29, 1.82) is 0 Å². The van der Waals surface area contributed by atoms with Gasteiger partial charge in [0.2, 0.25) is 10.0 Å². The van der Waals surface area contributed by atoms with E-state index in [1.165, 1.54) is 16.8 Å². The Bertz CT molecular complexity index is 763. The highest BCUT2D eigenvalue weighted by atomic mass is 32.2. The fraction of sp³-hybridized carbons (Fsp3) is 0.526. The van der Waals surface area contributed by atoms with Crippen molar-refractivity contribution < 1.29 is 17.9 Å². The van der Waals surface area contributed by atoms with Gasteiger partial charge in [-0.1, -0.05) is 29.3 Å². The van der Waals surface area contributed by atoms with E-state index in [1.807, 2.05) is 27.7 Å². The van der Waals surface area contributed by atoms with Crippen LogP contribution in [0.25, 0.3) is 0 Å². The molecule has 1 fully saturated rings. The molecule has 0 bridgehead atoms. The lowest BCUT2D eigenvalue weighted by Crippen LogP contribution is -2.21. The largest absolute Gasteiger partial charge is 0.464 e. The van der Waals surface area contributed by atoms with Crippen LogP contribution in [0.4, 0.5) is 0 Å². The fourth-order valence-electron chi connectivity index (χ4n) is 3.11. The lowest BCUT2D eigenvalue weighted by molar-refractivity contribution is -0.141. The van der Waals surface area contributed by atoms with E-state index >= 15 is 0 Å².